The second kappa shape index (κ2) is 5.96. The van der Waals surface area contributed by atoms with Crippen LogP contribution in [0.5, 0.6) is 0 Å². The number of nitrogen functional groups attached to an aromatic ring is 1. The van der Waals surface area contributed by atoms with Crippen LogP contribution in [-0.2, 0) is 0 Å². The van der Waals surface area contributed by atoms with E-state index in [0.29, 0.717) is 11.4 Å². The SMILES string of the molecule is CC(=O)c1c(N)c(-c2ccccc2)nn1-c1ccc([N+](=O)[O-])cc1. The first-order valence-corrected chi connectivity index (χ1v) is 7.18. The fourth-order valence-electron chi connectivity index (χ4n) is 2.48. The topological polar surface area (TPSA) is 104 Å². The number of Topliss-reactive ketones (excluding diaryl/α,β-unsaturated/α-hetero) is 1. The van der Waals surface area contributed by atoms with Crippen molar-refractivity contribution in [3.8, 4) is 16.9 Å². The maximum atomic E-state index is 12.0. The summed E-state index contributed by atoms with van der Waals surface area (Å²) in [5.74, 6) is -0.236. The summed E-state index contributed by atoms with van der Waals surface area (Å²) < 4.78 is 1.42. The number of non-ortho nitro benzene ring substituents is 1. The lowest BCUT2D eigenvalue weighted by molar-refractivity contribution is -0.384. The fraction of sp³-hybridized carbons (Fsp3) is 0.0588. The number of ketones is 1. The number of benzene rings is 2. The zero-order chi connectivity index (χ0) is 17.3. The van der Waals surface area contributed by atoms with Crippen molar-refractivity contribution in [1.82, 2.24) is 9.78 Å². The molecule has 3 rings (SSSR count). The number of nitro groups is 1. The van der Waals surface area contributed by atoms with Crippen molar-refractivity contribution in [1.29, 1.82) is 0 Å². The number of hydrogen-bond donors (Lipinski definition) is 1. The molecule has 0 saturated carbocycles. The van der Waals surface area contributed by atoms with Crippen molar-refractivity contribution in [3.05, 3.63) is 70.4 Å². The summed E-state index contributed by atoms with van der Waals surface area (Å²) in [5, 5.41) is 15.2. The van der Waals surface area contributed by atoms with Gasteiger partial charge in [0.2, 0.25) is 0 Å². The van der Waals surface area contributed by atoms with Gasteiger partial charge in [-0.1, -0.05) is 30.3 Å². The third-order valence-electron chi connectivity index (χ3n) is 3.61. The van der Waals surface area contributed by atoms with Gasteiger partial charge in [0.15, 0.2) is 5.78 Å². The van der Waals surface area contributed by atoms with Gasteiger partial charge in [-0.2, -0.15) is 5.10 Å². The van der Waals surface area contributed by atoms with E-state index in [4.69, 9.17) is 5.73 Å². The maximum Gasteiger partial charge on any atom is 0.269 e. The second-order valence-electron chi connectivity index (χ2n) is 5.22. The van der Waals surface area contributed by atoms with Gasteiger partial charge in [0.1, 0.15) is 11.4 Å². The zero-order valence-corrected chi connectivity index (χ0v) is 12.8. The highest BCUT2D eigenvalue weighted by molar-refractivity contribution is 6.01. The van der Waals surface area contributed by atoms with Gasteiger partial charge in [-0.05, 0) is 12.1 Å². The minimum Gasteiger partial charge on any atom is -0.395 e. The van der Waals surface area contributed by atoms with Gasteiger partial charge in [0.25, 0.3) is 5.69 Å². The molecule has 0 aliphatic rings. The van der Waals surface area contributed by atoms with Crippen LogP contribution in [0.25, 0.3) is 16.9 Å². The van der Waals surface area contributed by atoms with Gasteiger partial charge in [0, 0.05) is 24.6 Å². The number of rotatable bonds is 4. The number of nitrogens with two attached hydrogens (primary N) is 1. The molecule has 24 heavy (non-hydrogen) atoms. The van der Waals surface area contributed by atoms with E-state index in [-0.39, 0.29) is 22.9 Å². The normalized spacial score (nSPS) is 10.5. The molecule has 0 aliphatic carbocycles. The Morgan fingerprint density at radius 1 is 1.12 bits per heavy atom. The van der Waals surface area contributed by atoms with Gasteiger partial charge in [0.05, 0.1) is 16.3 Å². The smallest absolute Gasteiger partial charge is 0.269 e. The summed E-state index contributed by atoms with van der Waals surface area (Å²) in [6.07, 6.45) is 0. The molecule has 0 saturated heterocycles. The molecule has 7 heteroatoms. The molecule has 3 aromatic rings. The summed E-state index contributed by atoms with van der Waals surface area (Å²) in [4.78, 5) is 22.3. The number of carbonyl (C=O) groups excluding carboxylic acids is 1. The lowest BCUT2D eigenvalue weighted by atomic mass is 10.1. The van der Waals surface area contributed by atoms with Crippen molar-refractivity contribution >= 4 is 17.2 Å². The van der Waals surface area contributed by atoms with E-state index in [9.17, 15) is 14.9 Å². The summed E-state index contributed by atoms with van der Waals surface area (Å²) in [5.41, 5.74) is 8.46. The van der Waals surface area contributed by atoms with E-state index < -0.39 is 4.92 Å². The molecule has 1 heterocycles. The number of hydrogen-bond acceptors (Lipinski definition) is 5. The molecular formula is C17H14N4O3. The zero-order valence-electron chi connectivity index (χ0n) is 12.8. The van der Waals surface area contributed by atoms with Crippen LogP contribution in [0.4, 0.5) is 11.4 Å². The van der Waals surface area contributed by atoms with Gasteiger partial charge in [-0.3, -0.25) is 14.9 Å². The Labute approximate surface area is 137 Å². The number of nitro benzene ring substituents is 1. The summed E-state index contributed by atoms with van der Waals surface area (Å²) in [6.45, 7) is 1.41. The van der Waals surface area contributed by atoms with Crippen molar-refractivity contribution < 1.29 is 9.72 Å². The predicted molar refractivity (Wildman–Crippen MR) is 90.1 cm³/mol. The molecule has 1 aromatic heterocycles. The van der Waals surface area contributed by atoms with E-state index in [2.05, 4.69) is 5.10 Å². The van der Waals surface area contributed by atoms with Crippen molar-refractivity contribution in [3.63, 3.8) is 0 Å². The quantitative estimate of drug-likeness (QED) is 0.451. The Kier molecular flexibility index (Phi) is 3.83. The van der Waals surface area contributed by atoms with Crippen molar-refractivity contribution in [2.45, 2.75) is 6.92 Å². The van der Waals surface area contributed by atoms with Crippen LogP contribution in [0.1, 0.15) is 17.4 Å². The van der Waals surface area contributed by atoms with E-state index in [1.807, 2.05) is 30.3 Å². The Balaban J connectivity index is 2.17. The van der Waals surface area contributed by atoms with E-state index in [0.717, 1.165) is 5.56 Å². The lowest BCUT2D eigenvalue weighted by Crippen LogP contribution is -2.08. The van der Waals surface area contributed by atoms with Crippen LogP contribution in [-0.4, -0.2) is 20.5 Å². The summed E-state index contributed by atoms with van der Waals surface area (Å²) in [6, 6.07) is 15.1. The van der Waals surface area contributed by atoms with Crippen molar-refractivity contribution in [2.75, 3.05) is 5.73 Å². The maximum absolute atomic E-state index is 12.0. The molecule has 0 spiro atoms. The Bertz CT molecular complexity index is 915. The molecule has 0 amide bonds. The van der Waals surface area contributed by atoms with Gasteiger partial charge < -0.3 is 5.73 Å². The Morgan fingerprint density at radius 3 is 2.29 bits per heavy atom. The molecule has 0 unspecified atom stereocenters. The minimum atomic E-state index is -0.484. The highest BCUT2D eigenvalue weighted by Gasteiger charge is 2.21. The third kappa shape index (κ3) is 2.63. The standard InChI is InChI=1S/C17H14N4O3/c1-11(22)17-15(18)16(12-5-3-2-4-6-12)19-20(17)13-7-9-14(10-8-13)21(23)24/h2-10H,18H2,1H3. The predicted octanol–water partition coefficient (Wildman–Crippen LogP) is 3.23. The summed E-state index contributed by atoms with van der Waals surface area (Å²) in [7, 11) is 0. The largest absolute Gasteiger partial charge is 0.395 e. The molecule has 0 atom stereocenters. The number of anilines is 1. The molecule has 0 fully saturated rings. The van der Waals surface area contributed by atoms with E-state index in [1.165, 1.54) is 35.9 Å². The molecule has 7 nitrogen and oxygen atoms in total. The first-order valence-electron chi connectivity index (χ1n) is 7.18. The fourth-order valence-corrected chi connectivity index (χ4v) is 2.48. The van der Waals surface area contributed by atoms with Crippen LogP contribution in [0, 0.1) is 10.1 Å². The van der Waals surface area contributed by atoms with Gasteiger partial charge in [-0.25, -0.2) is 4.68 Å². The average molecular weight is 322 g/mol. The number of aromatic nitrogens is 2. The molecule has 2 N–H and O–H groups in total. The third-order valence-corrected chi connectivity index (χ3v) is 3.61. The monoisotopic (exact) mass is 322 g/mol. The first kappa shape index (κ1) is 15.4. The number of nitrogens with zero attached hydrogens (tertiary/aromatic N) is 3. The average Bonchev–Trinajstić information content (AvgIpc) is 2.93. The van der Waals surface area contributed by atoms with Crippen LogP contribution >= 0.6 is 0 Å². The van der Waals surface area contributed by atoms with Gasteiger partial charge >= 0.3 is 0 Å². The molecule has 120 valence electrons. The molecule has 0 aliphatic heterocycles. The second-order valence-corrected chi connectivity index (χ2v) is 5.22. The van der Waals surface area contributed by atoms with Gasteiger partial charge in [-0.15, -0.1) is 0 Å². The molecule has 0 bridgehead atoms. The highest BCUT2D eigenvalue weighted by Crippen LogP contribution is 2.30. The molecule has 0 radical (unpaired) electrons. The minimum absolute atomic E-state index is 0.0356. The number of carbonyl (C=O) groups is 1. The first-order chi connectivity index (χ1) is 11.5. The van der Waals surface area contributed by atoms with Crippen LogP contribution in [0.2, 0.25) is 0 Å². The Morgan fingerprint density at radius 2 is 1.75 bits per heavy atom. The molecular weight excluding hydrogens is 308 g/mol. The summed E-state index contributed by atoms with van der Waals surface area (Å²) >= 11 is 0. The molecule has 2 aromatic carbocycles. The van der Waals surface area contributed by atoms with Crippen molar-refractivity contribution in [2.24, 2.45) is 0 Å². The highest BCUT2D eigenvalue weighted by atomic mass is 16.6. The lowest BCUT2D eigenvalue weighted by Gasteiger charge is -2.05. The van der Waals surface area contributed by atoms with Crippen LogP contribution in [0.3, 0.4) is 0 Å². The van der Waals surface area contributed by atoms with Crippen LogP contribution < -0.4 is 5.73 Å². The van der Waals surface area contributed by atoms with E-state index >= 15 is 0 Å². The van der Waals surface area contributed by atoms with E-state index in [1.54, 1.807) is 0 Å². The Hall–Kier alpha value is -3.48. The van der Waals surface area contributed by atoms with Crippen LogP contribution in [0.15, 0.2) is 54.6 Å².